The Kier molecular flexibility index (Phi) is 55.2. The van der Waals surface area contributed by atoms with Crippen LogP contribution in [-0.2, 0) is 9.59 Å². The van der Waals surface area contributed by atoms with Gasteiger partial charge in [0.15, 0.2) is 0 Å². The molecule has 2 N–H and O–H groups in total. The highest BCUT2D eigenvalue weighted by Crippen LogP contribution is 2.53. The number of aliphatic carboxylic acids is 2. The van der Waals surface area contributed by atoms with Gasteiger partial charge in [0.1, 0.15) is 21.5 Å². The molecule has 0 bridgehead atoms. The summed E-state index contributed by atoms with van der Waals surface area (Å²) in [5.74, 6) is -4.54. The van der Waals surface area contributed by atoms with Crippen molar-refractivity contribution in [2.75, 3.05) is 72.0 Å². The highest BCUT2D eigenvalue weighted by molar-refractivity contribution is 6.00. The van der Waals surface area contributed by atoms with Crippen LogP contribution in [-0.4, -0.2) is 74.5 Å². The molecule has 6 aromatic rings. The lowest BCUT2D eigenvalue weighted by molar-refractivity contribution is -0.144. The van der Waals surface area contributed by atoms with E-state index in [4.69, 9.17) is 8.83 Å². The van der Waals surface area contributed by atoms with Crippen molar-refractivity contribution in [1.29, 1.82) is 0 Å². The molecule has 4 aromatic carbocycles. The maximum atomic E-state index is 15.7. The Bertz CT molecular complexity index is 3510. The van der Waals surface area contributed by atoms with Crippen LogP contribution >= 0.6 is 0 Å². The first kappa shape index (κ1) is 104. The molecule has 6 rings (SSSR count). The van der Waals surface area contributed by atoms with Gasteiger partial charge in [0.25, 0.3) is 0 Å². The standard InChI is InChI=1S/C111H184N4O6/c1-13-25-27-29-31-33-35-37-39-41-43-45-47-49-51-53-55-57-59-61-63-65-67-69-71-73-75-90(15-3)106(108-97-81-77-92(112(17-5)18-6)86-102(97)120-103-87-93(78-82-98(103)108)113(19-7)20-8)101(111(118)119)85-91(76-74-72-70-68-66-64-62-60-58-56-54-52-50-48-46-44-42-40-38-36-34-32-30-28-26-14-2)107(96(16-4)110(116)117)109-99-83-79-94(114(21-9)22-10)88-104(99)121-105-89-95(80-84-100(105)109)115(23-11)24-12/h77-84,86-91,96,101,106-107H,13-76,85H2,1-12H3/p+2. The van der Waals surface area contributed by atoms with Crippen molar-refractivity contribution in [3.63, 3.8) is 0 Å². The van der Waals surface area contributed by atoms with E-state index in [1.165, 1.54) is 302 Å². The number of hydrogen-bond donors (Lipinski definition) is 2. The van der Waals surface area contributed by atoms with E-state index in [9.17, 15) is 15.0 Å². The molecule has 0 aliphatic rings. The van der Waals surface area contributed by atoms with Gasteiger partial charge in [-0.05, 0) is 117 Å². The average Bonchev–Trinajstić information content (AvgIpc) is 0.742. The van der Waals surface area contributed by atoms with Crippen LogP contribution in [0.3, 0.4) is 0 Å². The lowest BCUT2D eigenvalue weighted by atomic mass is 9.64. The quantitative estimate of drug-likeness (QED) is 0.0217. The lowest BCUT2D eigenvalue weighted by Gasteiger charge is -2.37. The smallest absolute Gasteiger partial charge is 0.307 e. The van der Waals surface area contributed by atoms with Gasteiger partial charge < -0.3 is 38.6 Å². The fraction of sp³-hybridized carbons (Fsp3) is 0.748. The van der Waals surface area contributed by atoms with Crippen molar-refractivity contribution in [3.05, 3.63) is 83.9 Å². The van der Waals surface area contributed by atoms with Gasteiger partial charge in [0.2, 0.25) is 22.3 Å². The fourth-order valence-electron chi connectivity index (χ4n) is 21.0. The van der Waals surface area contributed by atoms with E-state index in [1.54, 1.807) is 0 Å². The Morgan fingerprint density at radius 3 is 0.653 bits per heavy atom. The van der Waals surface area contributed by atoms with E-state index in [1.807, 2.05) is 0 Å². The molecule has 121 heavy (non-hydrogen) atoms. The third-order valence-electron chi connectivity index (χ3n) is 28.5. The molecule has 6 unspecified atom stereocenters. The number of rotatable bonds is 78. The van der Waals surface area contributed by atoms with Crippen LogP contribution in [0.1, 0.15) is 472 Å². The molecule has 0 radical (unpaired) electrons. The molecule has 2 aromatic heterocycles. The third kappa shape index (κ3) is 36.7. The molecule has 0 saturated carbocycles. The number of unbranched alkanes of at least 4 members (excludes halogenated alkanes) is 50. The Labute approximate surface area is 743 Å². The minimum absolute atomic E-state index is 0.0164. The van der Waals surface area contributed by atoms with Gasteiger partial charge in [-0.2, -0.15) is 0 Å². The normalized spacial score (nSPS) is 13.4. The first-order chi connectivity index (χ1) is 59.3. The number of nitrogens with zero attached hydrogens (tertiary/aromatic N) is 4. The molecule has 0 aliphatic carbocycles. The monoisotopic (exact) mass is 1670 g/mol. The second-order valence-corrected chi connectivity index (χ2v) is 37.2. The molecule has 2 heterocycles. The van der Waals surface area contributed by atoms with Crippen molar-refractivity contribution in [2.45, 2.75) is 461 Å². The summed E-state index contributed by atoms with van der Waals surface area (Å²) in [5.41, 5.74) is 9.42. The molecule has 0 fully saturated rings. The number of carboxylic acid groups (broad SMARTS) is 2. The van der Waals surface area contributed by atoms with Crippen LogP contribution in [0, 0.1) is 23.7 Å². The molecule has 0 amide bonds. The van der Waals surface area contributed by atoms with Gasteiger partial charge in [-0.15, -0.1) is 0 Å². The SMILES string of the molecule is CCCCCCCCCCCCCCCCCCCCCCCCCCCCC(CC(C(=O)O)C([c+]1c2ccc(N(CC)CC)cc2oc2cc(N(CC)CC)ccc21)C(CC)CCCCCCCCCCCCCCCCCCCCCCCCCCCC)C([c+]1c2ccc(N(CC)CC)cc2oc2cc(N(CC)CC)ccc21)C(CC)C(=O)O. The van der Waals surface area contributed by atoms with Gasteiger partial charge in [-0.3, -0.25) is 9.59 Å². The molecule has 0 saturated heterocycles. The highest BCUT2D eigenvalue weighted by Gasteiger charge is 2.46. The zero-order chi connectivity index (χ0) is 86.9. The maximum Gasteiger partial charge on any atom is 0.307 e. The first-order valence-corrected chi connectivity index (χ1v) is 52.5. The summed E-state index contributed by atoms with van der Waals surface area (Å²) in [7, 11) is 0. The summed E-state index contributed by atoms with van der Waals surface area (Å²) in [6, 6.07) is 26.6. The van der Waals surface area contributed by atoms with E-state index >= 15 is 4.79 Å². The fourth-order valence-corrected chi connectivity index (χ4v) is 21.0. The second-order valence-electron chi connectivity index (χ2n) is 37.2. The topological polar surface area (TPSA) is 114 Å². The number of anilines is 4. The Balaban J connectivity index is 1.27. The minimum atomic E-state index is -0.856. The molecule has 0 spiro atoms. The molecule has 10 heteroatoms. The Morgan fingerprint density at radius 2 is 0.463 bits per heavy atom. The van der Waals surface area contributed by atoms with Crippen LogP contribution in [0.2, 0.25) is 0 Å². The van der Waals surface area contributed by atoms with Gasteiger partial charge in [-0.1, -0.05) is 368 Å². The molecular weight excluding hydrogens is 1490 g/mol. The highest BCUT2D eigenvalue weighted by atomic mass is 16.4. The number of carboxylic acids is 2. The van der Waals surface area contributed by atoms with Crippen LogP contribution in [0.15, 0.2) is 81.6 Å². The third-order valence-corrected chi connectivity index (χ3v) is 28.5. The van der Waals surface area contributed by atoms with Crippen molar-refractivity contribution < 1.29 is 28.6 Å². The lowest BCUT2D eigenvalue weighted by Crippen LogP contribution is -2.34. The molecule has 10 nitrogen and oxygen atoms in total. The van der Waals surface area contributed by atoms with E-state index in [0.29, 0.717) is 12.8 Å². The zero-order valence-electron chi connectivity index (χ0n) is 80.7. The van der Waals surface area contributed by atoms with Crippen LogP contribution < -0.4 is 19.6 Å². The zero-order valence-corrected chi connectivity index (χ0v) is 80.7. The van der Waals surface area contributed by atoms with Crippen molar-refractivity contribution in [1.82, 2.24) is 0 Å². The summed E-state index contributed by atoms with van der Waals surface area (Å²) in [6.45, 7) is 33.3. The number of hydrogen-bond acceptors (Lipinski definition) is 8. The van der Waals surface area contributed by atoms with Gasteiger partial charge in [0.05, 0.1) is 45.7 Å². The average molecular weight is 1670 g/mol. The Morgan fingerprint density at radius 1 is 0.264 bits per heavy atom. The Hall–Kier alpha value is -5.64. The van der Waals surface area contributed by atoms with Gasteiger partial charge in [-0.25, -0.2) is 0 Å². The van der Waals surface area contributed by atoms with Gasteiger partial charge in [0, 0.05) is 113 Å². The van der Waals surface area contributed by atoms with E-state index in [0.717, 1.165) is 181 Å². The number of benzene rings is 4. The molecule has 0 aliphatic heterocycles. The summed E-state index contributed by atoms with van der Waals surface area (Å²) < 4.78 is 14.5. The minimum Gasteiger partial charge on any atom is -0.481 e. The largest absolute Gasteiger partial charge is 0.481 e. The predicted octanol–water partition coefficient (Wildman–Crippen LogP) is 35.2. The molecule has 684 valence electrons. The summed E-state index contributed by atoms with van der Waals surface area (Å²) in [6.07, 6.45) is 73.3. The first-order valence-electron chi connectivity index (χ1n) is 52.5. The number of carbonyl (C=O) groups is 2. The molecule has 6 atom stereocenters. The van der Waals surface area contributed by atoms with Gasteiger partial charge >= 0.3 is 11.9 Å². The van der Waals surface area contributed by atoms with E-state index in [-0.39, 0.29) is 11.8 Å². The van der Waals surface area contributed by atoms with Crippen molar-refractivity contribution >= 4 is 78.6 Å². The van der Waals surface area contributed by atoms with E-state index < -0.39 is 35.6 Å². The second kappa shape index (κ2) is 64.1. The van der Waals surface area contributed by atoms with Crippen molar-refractivity contribution in [2.24, 2.45) is 23.7 Å². The van der Waals surface area contributed by atoms with Crippen LogP contribution in [0.25, 0.3) is 43.9 Å². The summed E-state index contributed by atoms with van der Waals surface area (Å²) >= 11 is 0. The number of fused-ring (bicyclic) bond motifs is 4. The van der Waals surface area contributed by atoms with Crippen LogP contribution in [0.4, 0.5) is 22.7 Å². The van der Waals surface area contributed by atoms with E-state index in [2.05, 4.69) is 175 Å². The summed E-state index contributed by atoms with van der Waals surface area (Å²) in [4.78, 5) is 39.9. The molecular formula is C111H186N4O6+2. The maximum absolute atomic E-state index is 15.7. The summed E-state index contributed by atoms with van der Waals surface area (Å²) in [5, 5.41) is 28.7. The van der Waals surface area contributed by atoms with Crippen LogP contribution in [0.5, 0.6) is 0 Å². The van der Waals surface area contributed by atoms with Crippen molar-refractivity contribution in [3.8, 4) is 0 Å². The predicted molar refractivity (Wildman–Crippen MR) is 531 cm³/mol.